The topological polar surface area (TPSA) is 59.7 Å². The highest BCUT2D eigenvalue weighted by atomic mass is 16.5. The molecule has 2 aromatic carbocycles. The SMILES string of the molecule is [2H][13C]([2H])([2H])Oc1ccc(-c2coc3cc(O)ccc3c2=O)cc1. The number of aromatic hydroxyl groups is 1. The summed E-state index contributed by atoms with van der Waals surface area (Å²) in [7, 11) is -2.52. The molecule has 100 valence electrons. The Bertz CT molecular complexity index is 911. The van der Waals surface area contributed by atoms with E-state index in [0.717, 1.165) is 0 Å². The van der Waals surface area contributed by atoms with Gasteiger partial charge in [-0.25, -0.2) is 0 Å². The minimum atomic E-state index is -2.52. The van der Waals surface area contributed by atoms with Crippen LogP contribution in [-0.2, 0) is 0 Å². The van der Waals surface area contributed by atoms with Gasteiger partial charge in [0.25, 0.3) is 0 Å². The van der Waals surface area contributed by atoms with Crippen molar-refractivity contribution in [2.24, 2.45) is 0 Å². The van der Waals surface area contributed by atoms with Crippen molar-refractivity contribution in [3.05, 3.63) is 59.0 Å². The van der Waals surface area contributed by atoms with Crippen LogP contribution in [0.1, 0.15) is 4.11 Å². The zero-order chi connectivity index (χ0) is 16.6. The number of phenols is 1. The maximum absolute atomic E-state index is 12.5. The summed E-state index contributed by atoms with van der Waals surface area (Å²) in [5.74, 6) is 0.198. The van der Waals surface area contributed by atoms with Crippen LogP contribution in [0.15, 0.2) is 57.9 Å². The molecule has 0 saturated heterocycles. The van der Waals surface area contributed by atoms with E-state index in [-0.39, 0.29) is 16.9 Å². The van der Waals surface area contributed by atoms with Gasteiger partial charge in [0.15, 0.2) is 5.43 Å². The predicted molar refractivity (Wildman–Crippen MR) is 76.1 cm³/mol. The van der Waals surface area contributed by atoms with Gasteiger partial charge in [-0.1, -0.05) is 12.1 Å². The Hall–Kier alpha value is -2.75. The second-order valence-corrected chi connectivity index (χ2v) is 4.29. The highest BCUT2D eigenvalue weighted by Crippen LogP contribution is 2.23. The summed E-state index contributed by atoms with van der Waals surface area (Å²) in [6, 6.07) is 10.4. The van der Waals surface area contributed by atoms with Gasteiger partial charge in [0.1, 0.15) is 23.3 Å². The maximum atomic E-state index is 12.5. The smallest absolute Gasteiger partial charge is 0.200 e. The summed E-state index contributed by atoms with van der Waals surface area (Å²) in [6.07, 6.45) is 1.31. The van der Waals surface area contributed by atoms with Crippen molar-refractivity contribution >= 4 is 11.0 Å². The Labute approximate surface area is 119 Å². The highest BCUT2D eigenvalue weighted by Gasteiger charge is 2.09. The van der Waals surface area contributed by atoms with Crippen molar-refractivity contribution < 1.29 is 18.4 Å². The average molecular weight is 272 g/mol. The van der Waals surface area contributed by atoms with Gasteiger partial charge in [-0.3, -0.25) is 4.79 Å². The first-order chi connectivity index (χ1) is 10.8. The summed E-state index contributed by atoms with van der Waals surface area (Å²) in [5.41, 5.74) is 0.965. The molecule has 1 N–H and O–H groups in total. The van der Waals surface area contributed by atoms with Gasteiger partial charge in [0.05, 0.1) is 22.1 Å². The maximum Gasteiger partial charge on any atom is 0.200 e. The van der Waals surface area contributed by atoms with Gasteiger partial charge < -0.3 is 14.3 Å². The molecule has 0 aliphatic rings. The van der Waals surface area contributed by atoms with E-state index in [9.17, 15) is 9.90 Å². The summed E-state index contributed by atoms with van der Waals surface area (Å²) in [4.78, 5) is 12.5. The largest absolute Gasteiger partial charge is 0.508 e. The first-order valence-electron chi connectivity index (χ1n) is 7.37. The fourth-order valence-electron chi connectivity index (χ4n) is 2.02. The van der Waals surface area contributed by atoms with Crippen LogP contribution in [0.3, 0.4) is 0 Å². The first kappa shape index (κ1) is 9.20. The van der Waals surface area contributed by atoms with Crippen LogP contribution in [-0.4, -0.2) is 12.1 Å². The molecule has 20 heavy (non-hydrogen) atoms. The second-order valence-electron chi connectivity index (χ2n) is 4.29. The molecule has 1 aromatic heterocycles. The van der Waals surface area contributed by atoms with E-state index < -0.39 is 7.04 Å². The van der Waals surface area contributed by atoms with Crippen LogP contribution in [0.5, 0.6) is 11.5 Å². The quantitative estimate of drug-likeness (QED) is 0.728. The summed E-state index contributed by atoms with van der Waals surface area (Å²) >= 11 is 0. The number of hydrogen-bond acceptors (Lipinski definition) is 4. The van der Waals surface area contributed by atoms with Crippen molar-refractivity contribution in [2.75, 3.05) is 7.04 Å². The molecule has 4 heteroatoms. The Morgan fingerprint density at radius 2 is 2.00 bits per heavy atom. The summed E-state index contributed by atoms with van der Waals surface area (Å²) in [6.45, 7) is 0. The minimum Gasteiger partial charge on any atom is -0.508 e. The first-order valence-corrected chi connectivity index (χ1v) is 5.87. The van der Waals surface area contributed by atoms with E-state index in [2.05, 4.69) is 0 Å². The number of hydrogen-bond donors (Lipinski definition) is 1. The number of phenolic OH excluding ortho intramolecular Hbond substituents is 1. The van der Waals surface area contributed by atoms with Crippen LogP contribution in [0.2, 0.25) is 0 Å². The zero-order valence-corrected chi connectivity index (χ0v) is 10.3. The Morgan fingerprint density at radius 1 is 1.20 bits per heavy atom. The monoisotopic (exact) mass is 272 g/mol. The van der Waals surface area contributed by atoms with Crippen LogP contribution in [0.4, 0.5) is 0 Å². The molecule has 4 nitrogen and oxygen atoms in total. The van der Waals surface area contributed by atoms with E-state index in [4.69, 9.17) is 13.3 Å². The molecule has 0 saturated carbocycles. The van der Waals surface area contributed by atoms with Gasteiger partial charge in [-0.2, -0.15) is 0 Å². The van der Waals surface area contributed by atoms with E-state index in [1.165, 1.54) is 36.6 Å². The van der Waals surface area contributed by atoms with E-state index in [0.29, 0.717) is 22.1 Å². The minimum absolute atomic E-state index is 0.0135. The number of rotatable bonds is 2. The van der Waals surface area contributed by atoms with Gasteiger partial charge in [0.2, 0.25) is 0 Å². The van der Waals surface area contributed by atoms with E-state index in [1.54, 1.807) is 12.1 Å². The van der Waals surface area contributed by atoms with Gasteiger partial charge in [0, 0.05) is 6.07 Å². The van der Waals surface area contributed by atoms with Crippen LogP contribution in [0, 0.1) is 0 Å². The number of benzene rings is 2. The molecule has 0 spiro atoms. The fraction of sp³-hybridized carbons (Fsp3) is 0.0625. The molecule has 0 unspecified atom stereocenters. The molecule has 0 fully saturated rings. The van der Waals surface area contributed by atoms with Crippen LogP contribution < -0.4 is 10.2 Å². The van der Waals surface area contributed by atoms with Crippen molar-refractivity contribution in [3.8, 4) is 22.6 Å². The zero-order valence-electron chi connectivity index (χ0n) is 13.3. The number of fused-ring (bicyclic) bond motifs is 1. The summed E-state index contributed by atoms with van der Waals surface area (Å²) in [5, 5.41) is 9.76. The van der Waals surface area contributed by atoms with Crippen LogP contribution in [0.25, 0.3) is 22.1 Å². The van der Waals surface area contributed by atoms with Crippen LogP contribution >= 0.6 is 0 Å². The van der Waals surface area contributed by atoms with E-state index >= 15 is 0 Å². The number of methoxy groups -OCH3 is 1. The highest BCUT2D eigenvalue weighted by molar-refractivity contribution is 5.82. The Morgan fingerprint density at radius 3 is 2.75 bits per heavy atom. The molecule has 3 rings (SSSR count). The molecule has 0 radical (unpaired) electrons. The second kappa shape index (κ2) is 4.74. The van der Waals surface area contributed by atoms with E-state index in [1.807, 2.05) is 0 Å². The molecule has 3 aromatic rings. The molecule has 0 atom stereocenters. The normalized spacial score (nSPS) is 13.5. The average Bonchev–Trinajstić information content (AvgIpc) is 2.47. The molecule has 0 aliphatic carbocycles. The van der Waals surface area contributed by atoms with Gasteiger partial charge in [-0.05, 0) is 29.8 Å². The summed E-state index contributed by atoms with van der Waals surface area (Å²) < 4.78 is 31.3. The van der Waals surface area contributed by atoms with Crippen molar-refractivity contribution in [1.82, 2.24) is 0 Å². The van der Waals surface area contributed by atoms with Crippen molar-refractivity contribution in [1.29, 1.82) is 0 Å². The van der Waals surface area contributed by atoms with Crippen molar-refractivity contribution in [3.63, 3.8) is 0 Å². The lowest BCUT2D eigenvalue weighted by molar-refractivity contribution is 0.415. The standard InChI is InChI=1S/C16H12O4/c1-19-12-5-2-10(3-6-12)14-9-20-15-8-11(17)4-7-13(15)16(14)18/h2-9,17H,1H3/i1+1D3. The Kier molecular flexibility index (Phi) is 2.18. The Balaban J connectivity index is 2.02. The third-order valence-electron chi connectivity index (χ3n) is 3.04. The molecule has 0 bridgehead atoms. The molecule has 1 heterocycles. The third-order valence-corrected chi connectivity index (χ3v) is 3.04. The molecule has 0 amide bonds. The number of ether oxygens (including phenoxy) is 1. The fourth-order valence-corrected chi connectivity index (χ4v) is 2.02. The van der Waals surface area contributed by atoms with Crippen molar-refractivity contribution in [2.45, 2.75) is 0 Å². The van der Waals surface area contributed by atoms with Gasteiger partial charge >= 0.3 is 0 Å². The lowest BCUT2D eigenvalue weighted by Gasteiger charge is -2.04. The van der Waals surface area contributed by atoms with Gasteiger partial charge in [-0.15, -0.1) is 0 Å². The molecular formula is C16H12O4. The molecular weight excluding hydrogens is 257 g/mol. The predicted octanol–water partition coefficient (Wildman–Crippen LogP) is 3.17. The third kappa shape index (κ3) is 2.01. The lowest BCUT2D eigenvalue weighted by atomic mass is 10.1. The lowest BCUT2D eigenvalue weighted by Crippen LogP contribution is -2.04. The molecule has 0 aliphatic heterocycles.